The van der Waals surface area contributed by atoms with Crippen molar-refractivity contribution in [3.05, 3.63) is 53.6 Å². The van der Waals surface area contributed by atoms with E-state index in [1.807, 2.05) is 24.0 Å². The topological polar surface area (TPSA) is 68.4 Å². The first-order chi connectivity index (χ1) is 18.4. The number of anilines is 2. The summed E-state index contributed by atoms with van der Waals surface area (Å²) in [6.07, 6.45) is 1.78. The number of thiocarbonyl (C=S) groups is 1. The van der Waals surface area contributed by atoms with E-state index >= 15 is 0 Å². The van der Waals surface area contributed by atoms with Gasteiger partial charge >= 0.3 is 0 Å². The van der Waals surface area contributed by atoms with Crippen molar-refractivity contribution in [2.24, 2.45) is 0 Å². The van der Waals surface area contributed by atoms with Gasteiger partial charge in [0.2, 0.25) is 5.91 Å². The van der Waals surface area contributed by atoms with Gasteiger partial charge in [0.05, 0.1) is 18.7 Å². The molecule has 0 aliphatic carbocycles. The Kier molecular flexibility index (Phi) is 9.96. The van der Waals surface area contributed by atoms with Crippen molar-refractivity contribution in [2.45, 2.75) is 32.2 Å². The van der Waals surface area contributed by atoms with Crippen LogP contribution in [0.5, 0.6) is 5.75 Å². The number of hydrogen-bond donors (Lipinski definition) is 1. The Morgan fingerprint density at radius 1 is 1.05 bits per heavy atom. The number of likely N-dealkylation sites (N-methyl/N-ethyl adjacent to an activating group) is 1. The molecule has 0 aromatic heterocycles. The second-order valence-corrected chi connectivity index (χ2v) is 10.6. The molecule has 1 N–H and O–H groups in total. The molecule has 0 radical (unpaired) electrons. The summed E-state index contributed by atoms with van der Waals surface area (Å²) >= 11 is 11.8. The predicted octanol–water partition coefficient (Wildman–Crippen LogP) is 4.10. The molecule has 2 heterocycles. The normalized spacial score (nSPS) is 18.8. The van der Waals surface area contributed by atoms with Crippen LogP contribution in [0.3, 0.4) is 0 Å². The van der Waals surface area contributed by atoms with E-state index in [4.69, 9.17) is 28.6 Å². The van der Waals surface area contributed by atoms with Crippen molar-refractivity contribution < 1.29 is 14.3 Å². The summed E-state index contributed by atoms with van der Waals surface area (Å²) in [6.45, 7) is 8.39. The van der Waals surface area contributed by atoms with E-state index < -0.39 is 6.04 Å². The van der Waals surface area contributed by atoms with Crippen LogP contribution in [-0.2, 0) is 9.59 Å². The molecular formula is C28H36ClN5O3S. The zero-order chi connectivity index (χ0) is 27.1. The molecule has 2 fully saturated rings. The number of amides is 2. The van der Waals surface area contributed by atoms with Gasteiger partial charge in [-0.15, -0.1) is 0 Å². The van der Waals surface area contributed by atoms with Gasteiger partial charge in [-0.05, 0) is 87.2 Å². The van der Waals surface area contributed by atoms with Crippen molar-refractivity contribution in [3.8, 4) is 5.75 Å². The van der Waals surface area contributed by atoms with Gasteiger partial charge in [-0.1, -0.05) is 18.5 Å². The number of hydrogen-bond acceptors (Lipinski definition) is 6. The number of carbonyl (C=O) groups is 2. The van der Waals surface area contributed by atoms with Crippen molar-refractivity contribution in [1.82, 2.24) is 14.7 Å². The molecule has 38 heavy (non-hydrogen) atoms. The Labute approximate surface area is 235 Å². The average molecular weight is 558 g/mol. The molecule has 204 valence electrons. The van der Waals surface area contributed by atoms with Gasteiger partial charge in [0.25, 0.3) is 5.91 Å². The van der Waals surface area contributed by atoms with Crippen LogP contribution in [0, 0.1) is 0 Å². The molecule has 4 rings (SSSR count). The lowest BCUT2D eigenvalue weighted by atomic mass is 10.1. The minimum Gasteiger partial charge on any atom is -0.494 e. The third-order valence-corrected chi connectivity index (χ3v) is 7.53. The number of rotatable bonds is 11. The van der Waals surface area contributed by atoms with Crippen molar-refractivity contribution >= 4 is 52.1 Å². The van der Waals surface area contributed by atoms with Gasteiger partial charge in [0.15, 0.2) is 5.11 Å². The van der Waals surface area contributed by atoms with E-state index in [1.165, 1.54) is 4.90 Å². The summed E-state index contributed by atoms with van der Waals surface area (Å²) in [4.78, 5) is 34.8. The van der Waals surface area contributed by atoms with E-state index in [-0.39, 0.29) is 18.2 Å². The molecule has 2 aliphatic rings. The summed E-state index contributed by atoms with van der Waals surface area (Å²) in [6, 6.07) is 13.6. The molecule has 0 unspecified atom stereocenters. The zero-order valence-corrected chi connectivity index (χ0v) is 23.6. The smallest absolute Gasteiger partial charge is 0.256 e. The molecule has 10 heteroatoms. The predicted molar refractivity (Wildman–Crippen MR) is 156 cm³/mol. The third kappa shape index (κ3) is 7.22. The fraction of sp³-hybridized carbons (Fsp3) is 0.464. The molecule has 0 saturated carbocycles. The first-order valence-corrected chi connectivity index (χ1v) is 14.0. The van der Waals surface area contributed by atoms with E-state index in [9.17, 15) is 9.59 Å². The molecular weight excluding hydrogens is 522 g/mol. The lowest BCUT2D eigenvalue weighted by Crippen LogP contribution is -2.45. The summed E-state index contributed by atoms with van der Waals surface area (Å²) < 4.78 is 5.61. The van der Waals surface area contributed by atoms with E-state index in [0.29, 0.717) is 34.7 Å². The minimum absolute atomic E-state index is 0.00561. The quantitative estimate of drug-likeness (QED) is 0.417. The molecule has 8 nitrogen and oxygen atoms in total. The molecule has 0 spiro atoms. The van der Waals surface area contributed by atoms with Gasteiger partial charge in [-0.3, -0.25) is 14.5 Å². The largest absolute Gasteiger partial charge is 0.494 e. The van der Waals surface area contributed by atoms with Crippen LogP contribution in [0.15, 0.2) is 48.5 Å². The Bertz CT molecular complexity index is 1110. The summed E-state index contributed by atoms with van der Waals surface area (Å²) in [5.74, 6) is 0.317. The number of nitrogens with zero attached hydrogens (tertiary/aromatic N) is 4. The number of benzene rings is 2. The number of piperazine rings is 1. The van der Waals surface area contributed by atoms with E-state index in [1.54, 1.807) is 36.4 Å². The molecule has 2 amide bonds. The molecule has 2 saturated heterocycles. The van der Waals surface area contributed by atoms with Crippen LogP contribution >= 0.6 is 23.8 Å². The zero-order valence-electron chi connectivity index (χ0n) is 22.1. The van der Waals surface area contributed by atoms with Crippen molar-refractivity contribution in [1.29, 1.82) is 0 Å². The van der Waals surface area contributed by atoms with Crippen molar-refractivity contribution in [3.63, 3.8) is 0 Å². The highest BCUT2D eigenvalue weighted by Gasteiger charge is 2.43. The van der Waals surface area contributed by atoms with Gasteiger partial charge in [0.1, 0.15) is 11.8 Å². The second-order valence-electron chi connectivity index (χ2n) is 9.77. The Morgan fingerprint density at radius 2 is 1.74 bits per heavy atom. The average Bonchev–Trinajstić information content (AvgIpc) is 3.14. The Balaban J connectivity index is 1.43. The molecule has 0 bridgehead atoms. The first kappa shape index (κ1) is 28.3. The SMILES string of the molecule is CCCOc1ccc(NC(=O)C[C@H]2C(=O)N(c3ccc(Cl)cc3)C(=S)N2CCCN2CCN(C)CC2)cc1. The second kappa shape index (κ2) is 13.4. The fourth-order valence-electron chi connectivity index (χ4n) is 4.69. The van der Waals surface area contributed by atoms with Crippen LogP contribution in [0.25, 0.3) is 0 Å². The maximum absolute atomic E-state index is 13.6. The van der Waals surface area contributed by atoms with Crippen molar-refractivity contribution in [2.75, 3.05) is 63.1 Å². The highest BCUT2D eigenvalue weighted by atomic mass is 35.5. The van der Waals surface area contributed by atoms with E-state index in [2.05, 4.69) is 22.2 Å². The number of carbonyl (C=O) groups excluding carboxylic acids is 2. The van der Waals surface area contributed by atoms with Crippen LogP contribution in [0.2, 0.25) is 5.02 Å². The maximum atomic E-state index is 13.6. The highest BCUT2D eigenvalue weighted by Crippen LogP contribution is 2.29. The number of halogens is 1. The molecule has 2 aromatic rings. The van der Waals surface area contributed by atoms with Crippen LogP contribution in [0.4, 0.5) is 11.4 Å². The lowest BCUT2D eigenvalue weighted by Gasteiger charge is -2.33. The monoisotopic (exact) mass is 557 g/mol. The number of ether oxygens (including phenoxy) is 1. The summed E-state index contributed by atoms with van der Waals surface area (Å²) in [7, 11) is 2.14. The van der Waals surface area contributed by atoms with Crippen LogP contribution < -0.4 is 15.0 Å². The molecule has 2 aromatic carbocycles. The van der Waals surface area contributed by atoms with Crippen LogP contribution in [-0.4, -0.2) is 90.6 Å². The third-order valence-electron chi connectivity index (χ3n) is 6.86. The first-order valence-electron chi connectivity index (χ1n) is 13.2. The van der Waals surface area contributed by atoms with Gasteiger partial charge in [-0.2, -0.15) is 0 Å². The molecule has 1 atom stereocenters. The fourth-order valence-corrected chi connectivity index (χ4v) is 5.23. The Morgan fingerprint density at radius 3 is 2.39 bits per heavy atom. The Hall–Kier alpha value is -2.72. The van der Waals surface area contributed by atoms with Gasteiger partial charge in [0, 0.05) is 43.4 Å². The van der Waals surface area contributed by atoms with E-state index in [0.717, 1.165) is 51.3 Å². The summed E-state index contributed by atoms with van der Waals surface area (Å²) in [5, 5.41) is 3.92. The van der Waals surface area contributed by atoms with Gasteiger partial charge < -0.3 is 24.8 Å². The van der Waals surface area contributed by atoms with Crippen LogP contribution in [0.1, 0.15) is 26.2 Å². The minimum atomic E-state index is -0.669. The van der Waals surface area contributed by atoms with Gasteiger partial charge in [-0.25, -0.2) is 0 Å². The number of nitrogens with one attached hydrogen (secondary N) is 1. The maximum Gasteiger partial charge on any atom is 0.256 e. The standard InChI is InChI=1S/C28H36ClN5O3S/c1-3-19-37-24-11-7-22(8-12-24)30-26(35)20-25-27(36)34(23-9-5-21(29)6-10-23)28(38)33(25)14-4-13-32-17-15-31(2)16-18-32/h5-12,25H,3-4,13-20H2,1-2H3,(H,30,35)/t25-/m0/s1. The lowest BCUT2D eigenvalue weighted by molar-refractivity contribution is -0.124. The molecule has 2 aliphatic heterocycles. The highest BCUT2D eigenvalue weighted by molar-refractivity contribution is 7.80. The summed E-state index contributed by atoms with van der Waals surface area (Å²) in [5.41, 5.74) is 1.31.